The molecule has 64 heavy (non-hydrogen) atoms. The summed E-state index contributed by atoms with van der Waals surface area (Å²) in [6.07, 6.45) is 4.74. The van der Waals surface area contributed by atoms with E-state index >= 15 is 13.6 Å². The number of hydrogen-bond acceptors (Lipinski definition) is 12. The minimum Gasteiger partial charge on any atom is -0.497 e. The summed E-state index contributed by atoms with van der Waals surface area (Å²) >= 11 is 0. The van der Waals surface area contributed by atoms with Gasteiger partial charge in [-0.3, -0.25) is 23.9 Å². The third kappa shape index (κ3) is 8.59. The van der Waals surface area contributed by atoms with Crippen LogP contribution in [-0.2, 0) is 49.7 Å². The summed E-state index contributed by atoms with van der Waals surface area (Å²) in [5.41, 5.74) is -3.49. The van der Waals surface area contributed by atoms with Crippen LogP contribution >= 0.6 is 0 Å². The number of nitrogens with zero attached hydrogens (tertiary/aromatic N) is 2. The van der Waals surface area contributed by atoms with Crippen molar-refractivity contribution in [2.24, 2.45) is 11.8 Å². The number of aromatic nitrogens is 1. The lowest BCUT2D eigenvalue weighted by Gasteiger charge is -2.41. The van der Waals surface area contributed by atoms with E-state index in [0.717, 1.165) is 4.90 Å². The SMILES string of the molecule is COc1ccc2nc(C(C)C)c3c(c2c1)C(F)(F)C[C@]1(C[C@H]2C(=O)N[C@]4(C(=O)NS(=O)(=O)C5(C)CC5)C[C@H]4/C=C\CCCCC[C@H](CC(=O)OC(C)(C)S(=O)(=O)C(C)C)C(=O)N2C1)O3. The molecule has 2 N–H and O–H groups in total. The first-order valence-corrected chi connectivity index (χ1v) is 25.2. The van der Waals surface area contributed by atoms with Gasteiger partial charge in [0.05, 0.1) is 53.3 Å². The van der Waals surface area contributed by atoms with Crippen molar-refractivity contribution in [3.63, 3.8) is 0 Å². The zero-order chi connectivity index (χ0) is 47.0. The van der Waals surface area contributed by atoms with E-state index < -0.39 is 131 Å². The molecule has 4 heterocycles. The maximum absolute atomic E-state index is 17.2. The third-order valence-electron chi connectivity index (χ3n) is 13.8. The zero-order valence-electron chi connectivity index (χ0n) is 37.7. The van der Waals surface area contributed by atoms with Crippen molar-refractivity contribution in [1.82, 2.24) is 19.9 Å². The number of carbonyl (C=O) groups is 4. The number of sulfonamides is 1. The standard InChI is InChI=1S/C45H60F2N4O11S2/c1-26(2)36-37-35(31-21-30(60-8)16-17-32(31)48-36)45(46,47)24-43(62-37)23-33-38(53)49-44(40(55)50-64(58,59)42(7)18-19-42)22-29(44)15-13-11-9-10-12-14-28(39(54)51(33)25-43)20-34(52)61-41(5,6)63(56,57)27(3)4/h13,15-17,21,26-29,33H,9-12,14,18-20,22-25H2,1-8H3,(H,49,53)(H,50,55)/b15-13-/t28-,29-,33+,43+,44-/m1/s1. The predicted octanol–water partition coefficient (Wildman–Crippen LogP) is 6.08. The van der Waals surface area contributed by atoms with Gasteiger partial charge < -0.3 is 24.4 Å². The number of hydrogen-bond donors (Lipinski definition) is 2. The number of allylic oxidation sites excluding steroid dienone is 1. The Morgan fingerprint density at radius 2 is 1.77 bits per heavy atom. The molecular formula is C45H60F2N4O11S2. The molecule has 2 aromatic rings. The highest BCUT2D eigenvalue weighted by Crippen LogP contribution is 2.56. The lowest BCUT2D eigenvalue weighted by Crippen LogP contribution is -2.57. The number of benzene rings is 1. The first kappa shape index (κ1) is 47.6. The molecule has 2 saturated carbocycles. The van der Waals surface area contributed by atoms with Gasteiger partial charge in [0.25, 0.3) is 11.8 Å². The topological polar surface area (TPSA) is 204 Å². The highest BCUT2D eigenvalue weighted by atomic mass is 32.2. The Morgan fingerprint density at radius 1 is 1.06 bits per heavy atom. The summed E-state index contributed by atoms with van der Waals surface area (Å²) in [7, 11) is -6.69. The van der Waals surface area contributed by atoms with Crippen molar-refractivity contribution >= 4 is 54.5 Å². The van der Waals surface area contributed by atoms with Crippen molar-refractivity contribution in [3.05, 3.63) is 41.6 Å². The molecule has 15 nitrogen and oxygen atoms in total. The number of sulfone groups is 1. The Kier molecular flexibility index (Phi) is 12.3. The van der Waals surface area contributed by atoms with Crippen LogP contribution in [0.4, 0.5) is 8.78 Å². The normalized spacial score (nSPS) is 28.5. The van der Waals surface area contributed by atoms with E-state index in [2.05, 4.69) is 10.0 Å². The van der Waals surface area contributed by atoms with Crippen molar-refractivity contribution in [2.75, 3.05) is 13.7 Å². The molecule has 1 saturated heterocycles. The lowest BCUT2D eigenvalue weighted by molar-refractivity contribution is -0.155. The Hall–Kier alpha value is -4.39. The van der Waals surface area contributed by atoms with Crippen molar-refractivity contribution in [3.8, 4) is 11.5 Å². The molecule has 3 amide bonds. The maximum atomic E-state index is 17.2. The van der Waals surface area contributed by atoms with E-state index in [0.29, 0.717) is 49.8 Å². The van der Waals surface area contributed by atoms with Gasteiger partial charge in [-0.1, -0.05) is 38.8 Å². The number of ether oxygens (including phenoxy) is 3. The Balaban J connectivity index is 1.30. The fraction of sp³-hybridized carbons (Fsp3) is 0.667. The van der Waals surface area contributed by atoms with Gasteiger partial charge in [-0.15, -0.1) is 0 Å². The summed E-state index contributed by atoms with van der Waals surface area (Å²) in [6.45, 7) is 9.97. The van der Waals surface area contributed by atoms with Crippen LogP contribution in [0.2, 0.25) is 0 Å². The summed E-state index contributed by atoms with van der Waals surface area (Å²) in [5.74, 6) is -9.21. The molecular weight excluding hydrogens is 875 g/mol. The zero-order valence-corrected chi connectivity index (χ0v) is 39.3. The van der Waals surface area contributed by atoms with Crippen LogP contribution in [0.15, 0.2) is 30.4 Å². The van der Waals surface area contributed by atoms with Gasteiger partial charge in [0, 0.05) is 23.6 Å². The van der Waals surface area contributed by atoms with Gasteiger partial charge in [-0.25, -0.2) is 30.6 Å². The van der Waals surface area contributed by atoms with Gasteiger partial charge in [0.2, 0.25) is 26.8 Å². The van der Waals surface area contributed by atoms with E-state index in [-0.39, 0.29) is 29.7 Å². The number of methoxy groups -OCH3 is 1. The smallest absolute Gasteiger partial charge is 0.308 e. The Labute approximate surface area is 373 Å². The second-order valence-electron chi connectivity index (χ2n) is 19.7. The van der Waals surface area contributed by atoms with Crippen LogP contribution in [0, 0.1) is 11.8 Å². The summed E-state index contributed by atoms with van der Waals surface area (Å²) in [6, 6.07) is 3.13. The van der Waals surface area contributed by atoms with Gasteiger partial charge in [0.15, 0.2) is 15.6 Å². The molecule has 0 bridgehead atoms. The van der Waals surface area contributed by atoms with Crippen molar-refractivity contribution in [1.29, 1.82) is 0 Å². The van der Waals surface area contributed by atoms with E-state index in [1.807, 2.05) is 6.08 Å². The second-order valence-corrected chi connectivity index (χ2v) is 24.9. The van der Waals surface area contributed by atoms with Crippen LogP contribution in [0.5, 0.6) is 11.5 Å². The number of halogens is 2. The fourth-order valence-corrected chi connectivity index (χ4v) is 12.1. The van der Waals surface area contributed by atoms with Crippen LogP contribution in [0.25, 0.3) is 10.9 Å². The molecule has 1 aromatic heterocycles. The first-order valence-electron chi connectivity index (χ1n) is 22.1. The number of esters is 1. The molecule has 3 fully saturated rings. The monoisotopic (exact) mass is 934 g/mol. The molecule has 19 heteroatoms. The molecule has 1 spiro atoms. The Morgan fingerprint density at radius 3 is 2.41 bits per heavy atom. The average Bonchev–Trinajstić information content (AvgIpc) is 4.09. The molecule has 7 rings (SSSR count). The number of alkyl halides is 2. The highest BCUT2D eigenvalue weighted by Gasteiger charge is 2.65. The molecule has 2 aliphatic carbocycles. The quantitative estimate of drug-likeness (QED) is 0.206. The largest absolute Gasteiger partial charge is 0.497 e. The van der Waals surface area contributed by atoms with E-state index in [1.54, 1.807) is 32.1 Å². The summed E-state index contributed by atoms with van der Waals surface area (Å²) in [4.78, 5) is 61.6. The van der Waals surface area contributed by atoms with E-state index in [9.17, 15) is 31.2 Å². The molecule has 5 aliphatic rings. The minimum atomic E-state index is -4.14. The number of pyridine rings is 1. The summed E-state index contributed by atoms with van der Waals surface area (Å²) < 4.78 is 106. The van der Waals surface area contributed by atoms with Gasteiger partial charge in [-0.2, -0.15) is 0 Å². The van der Waals surface area contributed by atoms with E-state index in [4.69, 9.17) is 19.2 Å². The van der Waals surface area contributed by atoms with Gasteiger partial charge in [-0.05, 0) is 97.3 Å². The van der Waals surface area contributed by atoms with Crippen LogP contribution in [-0.4, -0.2) is 96.2 Å². The summed E-state index contributed by atoms with van der Waals surface area (Å²) in [5, 5.41) is 2.00. The van der Waals surface area contributed by atoms with Crippen LogP contribution in [0.1, 0.15) is 136 Å². The average molecular weight is 935 g/mol. The minimum absolute atomic E-state index is 0.0462. The molecule has 1 aromatic carbocycles. The van der Waals surface area contributed by atoms with Crippen LogP contribution in [0.3, 0.4) is 0 Å². The molecule has 5 atom stereocenters. The number of nitrogens with one attached hydrogen (secondary N) is 2. The van der Waals surface area contributed by atoms with E-state index in [1.165, 1.54) is 47.8 Å². The molecule has 352 valence electrons. The number of fused-ring (bicyclic) bond motifs is 5. The fourth-order valence-electron chi connectivity index (χ4n) is 9.44. The molecule has 0 radical (unpaired) electrons. The lowest BCUT2D eigenvalue weighted by atomic mass is 9.83. The highest BCUT2D eigenvalue weighted by molar-refractivity contribution is 7.93. The Bertz CT molecular complexity index is 2510. The van der Waals surface area contributed by atoms with Crippen LogP contribution < -0.4 is 19.5 Å². The molecule has 0 unspecified atom stereocenters. The predicted molar refractivity (Wildman–Crippen MR) is 233 cm³/mol. The second kappa shape index (κ2) is 16.5. The first-order chi connectivity index (χ1) is 29.7. The number of carbonyl (C=O) groups excluding carboxylic acids is 4. The maximum Gasteiger partial charge on any atom is 0.308 e. The van der Waals surface area contributed by atoms with Gasteiger partial charge >= 0.3 is 5.97 Å². The number of amides is 3. The third-order valence-corrected chi connectivity index (χ3v) is 18.6. The van der Waals surface area contributed by atoms with Crippen molar-refractivity contribution in [2.45, 2.75) is 163 Å². The number of rotatable bonds is 10. The van der Waals surface area contributed by atoms with Gasteiger partial charge in [0.1, 0.15) is 22.9 Å². The van der Waals surface area contributed by atoms with Crippen molar-refractivity contribution < 1.29 is 59.0 Å². The molecule has 3 aliphatic heterocycles.